The van der Waals surface area contributed by atoms with Crippen molar-refractivity contribution in [3.8, 4) is 5.75 Å². The van der Waals surface area contributed by atoms with E-state index in [0.717, 1.165) is 10.4 Å². The second kappa shape index (κ2) is 11.1. The summed E-state index contributed by atoms with van der Waals surface area (Å²) in [6.45, 7) is 7.99. The molecule has 0 saturated heterocycles. The number of rotatable bonds is 10. The second-order valence-corrected chi connectivity index (χ2v) is 9.02. The Morgan fingerprint density at radius 2 is 2.00 bits per heavy atom. The highest BCUT2D eigenvalue weighted by Crippen LogP contribution is 2.33. The van der Waals surface area contributed by atoms with Crippen LogP contribution < -0.4 is 10.1 Å². The van der Waals surface area contributed by atoms with Gasteiger partial charge in [0.05, 0.1) is 18.4 Å². The number of esters is 1. The summed E-state index contributed by atoms with van der Waals surface area (Å²) in [6.07, 6.45) is 1.69. The minimum absolute atomic E-state index is 0.0602. The van der Waals surface area contributed by atoms with Crippen molar-refractivity contribution in [2.24, 2.45) is 0 Å². The van der Waals surface area contributed by atoms with Gasteiger partial charge in [-0.15, -0.1) is 28.1 Å². The Balaban J connectivity index is 1.65. The zero-order valence-electron chi connectivity index (χ0n) is 18.4. The normalized spacial score (nSPS) is 10.7. The molecular weight excluding hydrogens is 467 g/mol. The van der Waals surface area contributed by atoms with E-state index in [1.54, 1.807) is 10.6 Å². The molecule has 1 amide bonds. The van der Waals surface area contributed by atoms with Gasteiger partial charge in [-0.25, -0.2) is 9.18 Å². The number of aryl methyl sites for hydroxylation is 1. The average Bonchev–Trinajstić information content (AvgIpc) is 3.31. The van der Waals surface area contributed by atoms with Gasteiger partial charge in [0.2, 0.25) is 5.91 Å². The number of benzene rings is 1. The van der Waals surface area contributed by atoms with Crippen LogP contribution in [0.3, 0.4) is 0 Å². The zero-order valence-corrected chi connectivity index (χ0v) is 20.0. The molecule has 0 aliphatic heterocycles. The number of thioether (sulfide) groups is 1. The number of methoxy groups -OCH3 is 1. The Morgan fingerprint density at radius 3 is 2.67 bits per heavy atom. The summed E-state index contributed by atoms with van der Waals surface area (Å²) < 4.78 is 25.3. The summed E-state index contributed by atoms with van der Waals surface area (Å²) in [4.78, 5) is 25.6. The zero-order chi connectivity index (χ0) is 24.0. The van der Waals surface area contributed by atoms with Crippen LogP contribution in [0.4, 0.5) is 9.39 Å². The van der Waals surface area contributed by atoms with E-state index in [0.29, 0.717) is 33.8 Å². The van der Waals surface area contributed by atoms with E-state index in [1.807, 2.05) is 13.8 Å². The molecule has 0 aliphatic rings. The Labute approximate surface area is 198 Å². The lowest BCUT2D eigenvalue weighted by Crippen LogP contribution is -2.16. The van der Waals surface area contributed by atoms with E-state index >= 15 is 0 Å². The Bertz CT molecular complexity index is 1160. The largest absolute Gasteiger partial charge is 0.486 e. The van der Waals surface area contributed by atoms with Gasteiger partial charge < -0.3 is 14.8 Å². The SMILES string of the molecule is C=CCn1c(COc2ccc(F)cc2)nnc1SCC(=O)Nc1sc(C)c(C)c1C(=O)OC. The topological polar surface area (TPSA) is 95.3 Å². The number of halogens is 1. The fraction of sp³-hybridized carbons (Fsp3) is 0.273. The smallest absolute Gasteiger partial charge is 0.341 e. The van der Waals surface area contributed by atoms with Crippen molar-refractivity contribution >= 4 is 40.0 Å². The van der Waals surface area contributed by atoms with E-state index in [2.05, 4.69) is 22.1 Å². The number of anilines is 1. The van der Waals surface area contributed by atoms with Crippen LogP contribution in [0.15, 0.2) is 42.1 Å². The molecule has 1 aromatic carbocycles. The summed E-state index contributed by atoms with van der Waals surface area (Å²) in [6, 6.07) is 5.68. The van der Waals surface area contributed by atoms with Gasteiger partial charge in [-0.2, -0.15) is 0 Å². The van der Waals surface area contributed by atoms with Gasteiger partial charge in [-0.05, 0) is 43.7 Å². The standard InChI is InChI=1S/C22H23FN4O4S2/c1-5-10-27-17(11-31-16-8-6-15(23)7-9-16)25-26-22(27)32-12-18(28)24-20-19(21(29)30-4)13(2)14(3)33-20/h5-9H,1,10-12H2,2-4H3,(H,24,28). The van der Waals surface area contributed by atoms with Crippen LogP contribution >= 0.6 is 23.1 Å². The van der Waals surface area contributed by atoms with Crippen molar-refractivity contribution in [3.63, 3.8) is 0 Å². The van der Waals surface area contributed by atoms with Crippen molar-refractivity contribution in [3.05, 3.63) is 64.6 Å². The molecule has 0 bridgehead atoms. The average molecular weight is 491 g/mol. The molecule has 0 fully saturated rings. The van der Waals surface area contributed by atoms with E-state index in [4.69, 9.17) is 9.47 Å². The van der Waals surface area contributed by atoms with Crippen molar-refractivity contribution < 1.29 is 23.5 Å². The van der Waals surface area contributed by atoms with Crippen molar-refractivity contribution in [1.82, 2.24) is 14.8 Å². The van der Waals surface area contributed by atoms with Gasteiger partial charge >= 0.3 is 5.97 Å². The van der Waals surface area contributed by atoms with Crippen LogP contribution in [0.2, 0.25) is 0 Å². The van der Waals surface area contributed by atoms with Crippen molar-refractivity contribution in [2.75, 3.05) is 18.2 Å². The number of ether oxygens (including phenoxy) is 2. The highest BCUT2D eigenvalue weighted by molar-refractivity contribution is 7.99. The lowest BCUT2D eigenvalue weighted by Gasteiger charge is -2.09. The first kappa shape index (κ1) is 24.5. The molecule has 0 aliphatic carbocycles. The van der Waals surface area contributed by atoms with E-state index in [1.165, 1.54) is 54.5 Å². The number of carbonyl (C=O) groups is 2. The maximum absolute atomic E-state index is 13.1. The van der Waals surface area contributed by atoms with Gasteiger partial charge in [0.15, 0.2) is 11.0 Å². The fourth-order valence-electron chi connectivity index (χ4n) is 2.88. The van der Waals surface area contributed by atoms with E-state index < -0.39 is 5.97 Å². The Kier molecular flexibility index (Phi) is 8.23. The molecule has 33 heavy (non-hydrogen) atoms. The number of allylic oxidation sites excluding steroid dienone is 1. The predicted octanol–water partition coefficient (Wildman–Crippen LogP) is 4.38. The summed E-state index contributed by atoms with van der Waals surface area (Å²) in [7, 11) is 1.31. The number of thiophene rings is 1. The van der Waals surface area contributed by atoms with Crippen molar-refractivity contribution in [2.45, 2.75) is 32.2 Å². The third-order valence-corrected chi connectivity index (χ3v) is 6.74. The van der Waals surface area contributed by atoms with Crippen molar-refractivity contribution in [1.29, 1.82) is 0 Å². The lowest BCUT2D eigenvalue weighted by atomic mass is 10.1. The van der Waals surface area contributed by atoms with Crippen LogP contribution in [-0.4, -0.2) is 39.5 Å². The van der Waals surface area contributed by atoms with Gasteiger partial charge in [-0.3, -0.25) is 9.36 Å². The summed E-state index contributed by atoms with van der Waals surface area (Å²) in [5.41, 5.74) is 1.15. The van der Waals surface area contributed by atoms with Gasteiger partial charge in [0, 0.05) is 11.4 Å². The Hall–Kier alpha value is -3.18. The number of hydrogen-bond acceptors (Lipinski definition) is 8. The van der Waals surface area contributed by atoms with Crippen LogP contribution in [-0.2, 0) is 22.7 Å². The molecule has 8 nitrogen and oxygen atoms in total. The first-order valence-corrected chi connectivity index (χ1v) is 11.7. The lowest BCUT2D eigenvalue weighted by molar-refractivity contribution is -0.113. The molecule has 0 saturated carbocycles. The fourth-order valence-corrected chi connectivity index (χ4v) is 4.71. The predicted molar refractivity (Wildman–Crippen MR) is 125 cm³/mol. The summed E-state index contributed by atoms with van der Waals surface area (Å²) in [5, 5.41) is 12.1. The number of nitrogens with one attached hydrogen (secondary N) is 1. The van der Waals surface area contributed by atoms with Gasteiger partial charge in [0.25, 0.3) is 0 Å². The number of amides is 1. The highest BCUT2D eigenvalue weighted by Gasteiger charge is 2.22. The maximum Gasteiger partial charge on any atom is 0.341 e. The summed E-state index contributed by atoms with van der Waals surface area (Å²) >= 11 is 2.53. The minimum Gasteiger partial charge on any atom is -0.486 e. The molecule has 0 atom stereocenters. The molecule has 0 unspecified atom stereocenters. The molecule has 2 heterocycles. The number of nitrogens with zero attached hydrogens (tertiary/aromatic N) is 3. The molecule has 0 radical (unpaired) electrons. The van der Waals surface area contributed by atoms with E-state index in [-0.39, 0.29) is 24.1 Å². The summed E-state index contributed by atoms with van der Waals surface area (Å²) in [5.74, 6) is -0.0218. The minimum atomic E-state index is -0.490. The molecule has 11 heteroatoms. The monoisotopic (exact) mass is 490 g/mol. The van der Waals surface area contributed by atoms with E-state index in [9.17, 15) is 14.0 Å². The van der Waals surface area contributed by atoms with Crippen LogP contribution in [0.25, 0.3) is 0 Å². The van der Waals surface area contributed by atoms with Gasteiger partial charge in [0.1, 0.15) is 23.2 Å². The highest BCUT2D eigenvalue weighted by atomic mass is 32.2. The number of hydrogen-bond donors (Lipinski definition) is 1. The molecule has 174 valence electrons. The first-order chi connectivity index (χ1) is 15.8. The third kappa shape index (κ3) is 5.99. The van der Waals surface area contributed by atoms with Crippen LogP contribution in [0.5, 0.6) is 5.75 Å². The molecule has 1 N–H and O–H groups in total. The maximum atomic E-state index is 13.1. The molecule has 0 spiro atoms. The first-order valence-electron chi connectivity index (χ1n) is 9.86. The number of aromatic nitrogens is 3. The third-order valence-electron chi connectivity index (χ3n) is 4.65. The van der Waals surface area contributed by atoms with Crippen LogP contribution in [0.1, 0.15) is 26.6 Å². The second-order valence-electron chi connectivity index (χ2n) is 6.86. The molecular formula is C22H23FN4O4S2. The quantitative estimate of drug-likeness (QED) is 0.256. The van der Waals surface area contributed by atoms with Gasteiger partial charge in [-0.1, -0.05) is 17.8 Å². The molecule has 3 aromatic rings. The molecule has 3 rings (SSSR count). The van der Waals surface area contributed by atoms with Crippen LogP contribution in [0, 0.1) is 19.7 Å². The Morgan fingerprint density at radius 1 is 1.27 bits per heavy atom. The molecule has 2 aromatic heterocycles. The number of carbonyl (C=O) groups excluding carboxylic acids is 2.